The summed E-state index contributed by atoms with van der Waals surface area (Å²) in [5, 5.41) is 1.02. The molecule has 0 radical (unpaired) electrons. The van der Waals surface area contributed by atoms with Crippen LogP contribution in [0.5, 0.6) is 0 Å². The van der Waals surface area contributed by atoms with Crippen LogP contribution in [0, 0.1) is 5.82 Å². The number of sulfonamides is 1. The van der Waals surface area contributed by atoms with Gasteiger partial charge in [-0.2, -0.15) is 4.31 Å². The van der Waals surface area contributed by atoms with Crippen molar-refractivity contribution in [2.45, 2.75) is 30.1 Å². The molecule has 6 nitrogen and oxygen atoms in total. The Labute approximate surface area is 161 Å². The van der Waals surface area contributed by atoms with Crippen LogP contribution in [-0.2, 0) is 10.0 Å². The van der Waals surface area contributed by atoms with Gasteiger partial charge in [-0.25, -0.2) is 17.8 Å². The van der Waals surface area contributed by atoms with E-state index in [9.17, 15) is 17.6 Å². The lowest BCUT2D eigenvalue weighted by Crippen LogP contribution is -2.37. The molecule has 0 unspecified atom stereocenters. The molecule has 2 fully saturated rings. The van der Waals surface area contributed by atoms with E-state index < -0.39 is 15.8 Å². The Kier molecular flexibility index (Phi) is 5.00. The number of carbonyl (C=O) groups excluding carboxylic acids is 1. The standard InChI is InChI=1S/C18H20FN3O3S2/c19-14-4-6-15(7-5-14)27(24,25)22-9-1-8-21(10-11-22)18(23)16-12-20-17(26-16)13-2-3-13/h4-7,12-13H,1-3,8-11H2. The first kappa shape index (κ1) is 18.5. The van der Waals surface area contributed by atoms with E-state index in [0.717, 1.165) is 30.0 Å². The summed E-state index contributed by atoms with van der Waals surface area (Å²) >= 11 is 1.45. The number of hydrogen-bond donors (Lipinski definition) is 0. The molecule has 2 aliphatic rings. The molecule has 0 spiro atoms. The molecule has 144 valence electrons. The molecule has 4 rings (SSSR count). The van der Waals surface area contributed by atoms with Crippen LogP contribution in [0.1, 0.15) is 39.9 Å². The Morgan fingerprint density at radius 1 is 1.11 bits per heavy atom. The molecule has 27 heavy (non-hydrogen) atoms. The van der Waals surface area contributed by atoms with E-state index >= 15 is 0 Å². The van der Waals surface area contributed by atoms with Gasteiger partial charge in [-0.1, -0.05) is 0 Å². The van der Waals surface area contributed by atoms with Crippen molar-refractivity contribution in [3.8, 4) is 0 Å². The number of carbonyl (C=O) groups is 1. The fourth-order valence-electron chi connectivity index (χ4n) is 3.15. The molecule has 1 amide bonds. The van der Waals surface area contributed by atoms with Crippen LogP contribution >= 0.6 is 11.3 Å². The summed E-state index contributed by atoms with van der Waals surface area (Å²) in [6, 6.07) is 4.83. The van der Waals surface area contributed by atoms with E-state index in [1.165, 1.54) is 27.8 Å². The van der Waals surface area contributed by atoms with E-state index in [4.69, 9.17) is 0 Å². The predicted molar refractivity (Wildman–Crippen MR) is 99.8 cm³/mol. The van der Waals surface area contributed by atoms with Gasteiger partial charge in [-0.15, -0.1) is 11.3 Å². The SMILES string of the molecule is O=C(c1cnc(C2CC2)s1)N1CCCN(S(=O)(=O)c2ccc(F)cc2)CC1. The second kappa shape index (κ2) is 7.29. The zero-order valence-corrected chi connectivity index (χ0v) is 16.3. The molecule has 1 aromatic heterocycles. The Hall–Kier alpha value is -1.84. The van der Waals surface area contributed by atoms with Crippen molar-refractivity contribution >= 4 is 27.3 Å². The minimum Gasteiger partial charge on any atom is -0.337 e. The van der Waals surface area contributed by atoms with Crippen LogP contribution in [0.15, 0.2) is 35.4 Å². The third kappa shape index (κ3) is 3.90. The van der Waals surface area contributed by atoms with Crippen LogP contribution in [0.4, 0.5) is 4.39 Å². The van der Waals surface area contributed by atoms with Crippen molar-refractivity contribution in [2.75, 3.05) is 26.2 Å². The van der Waals surface area contributed by atoms with Gasteiger partial charge in [0.05, 0.1) is 16.1 Å². The zero-order chi connectivity index (χ0) is 19.0. The second-order valence-corrected chi connectivity index (χ2v) is 9.84. The van der Waals surface area contributed by atoms with Gasteiger partial charge in [-0.05, 0) is 43.5 Å². The largest absolute Gasteiger partial charge is 0.337 e. The number of hydrogen-bond acceptors (Lipinski definition) is 5. The quantitative estimate of drug-likeness (QED) is 0.779. The molecule has 1 aromatic carbocycles. The van der Waals surface area contributed by atoms with Crippen LogP contribution in [0.3, 0.4) is 0 Å². The number of benzene rings is 1. The maximum atomic E-state index is 13.1. The fourth-order valence-corrected chi connectivity index (χ4v) is 5.68. The molecule has 9 heteroatoms. The fraction of sp³-hybridized carbons (Fsp3) is 0.444. The van der Waals surface area contributed by atoms with Crippen molar-refractivity contribution in [1.82, 2.24) is 14.2 Å². The van der Waals surface area contributed by atoms with E-state index in [1.807, 2.05) is 0 Å². The van der Waals surface area contributed by atoms with Crippen molar-refractivity contribution < 1.29 is 17.6 Å². The van der Waals surface area contributed by atoms with Gasteiger partial charge in [0.1, 0.15) is 10.7 Å². The van der Waals surface area contributed by atoms with Crippen molar-refractivity contribution in [3.63, 3.8) is 0 Å². The lowest BCUT2D eigenvalue weighted by atomic mass is 10.3. The van der Waals surface area contributed by atoms with Gasteiger partial charge in [-0.3, -0.25) is 4.79 Å². The van der Waals surface area contributed by atoms with E-state index in [0.29, 0.717) is 36.9 Å². The highest BCUT2D eigenvalue weighted by Gasteiger charge is 2.31. The van der Waals surface area contributed by atoms with E-state index in [2.05, 4.69) is 4.98 Å². The minimum absolute atomic E-state index is 0.0696. The summed E-state index contributed by atoms with van der Waals surface area (Å²) < 4.78 is 40.0. The number of thiazole rings is 1. The van der Waals surface area contributed by atoms with Crippen LogP contribution < -0.4 is 0 Å². The average molecular weight is 410 g/mol. The highest BCUT2D eigenvalue weighted by Crippen LogP contribution is 2.41. The molecule has 0 bridgehead atoms. The molecule has 2 heterocycles. The monoisotopic (exact) mass is 409 g/mol. The van der Waals surface area contributed by atoms with Gasteiger partial charge >= 0.3 is 0 Å². The smallest absolute Gasteiger partial charge is 0.265 e. The lowest BCUT2D eigenvalue weighted by molar-refractivity contribution is 0.0769. The predicted octanol–water partition coefficient (Wildman–Crippen LogP) is 2.70. The topological polar surface area (TPSA) is 70.6 Å². The number of aromatic nitrogens is 1. The summed E-state index contributed by atoms with van der Waals surface area (Å²) in [6.07, 6.45) is 4.47. The van der Waals surface area contributed by atoms with Gasteiger partial charge in [0.2, 0.25) is 10.0 Å². The molecule has 1 saturated heterocycles. The molecule has 0 N–H and O–H groups in total. The Bertz CT molecular complexity index is 939. The summed E-state index contributed by atoms with van der Waals surface area (Å²) in [7, 11) is -3.70. The van der Waals surface area contributed by atoms with Gasteiger partial charge in [0, 0.05) is 32.1 Å². The van der Waals surface area contributed by atoms with Crippen molar-refractivity contribution in [2.24, 2.45) is 0 Å². The van der Waals surface area contributed by atoms with Gasteiger partial charge in [0.25, 0.3) is 5.91 Å². The molecular formula is C18H20FN3O3S2. The van der Waals surface area contributed by atoms with Gasteiger partial charge < -0.3 is 4.90 Å². The van der Waals surface area contributed by atoms with Crippen molar-refractivity contribution in [3.05, 3.63) is 46.2 Å². The highest BCUT2D eigenvalue weighted by atomic mass is 32.2. The lowest BCUT2D eigenvalue weighted by Gasteiger charge is -2.21. The number of rotatable bonds is 4. The third-order valence-electron chi connectivity index (χ3n) is 4.85. The summed E-state index contributed by atoms with van der Waals surface area (Å²) in [6.45, 7) is 1.39. The normalized spacial score (nSPS) is 19.1. The third-order valence-corrected chi connectivity index (χ3v) is 7.92. The molecule has 1 saturated carbocycles. The zero-order valence-electron chi connectivity index (χ0n) is 14.7. The molecular weight excluding hydrogens is 389 g/mol. The highest BCUT2D eigenvalue weighted by molar-refractivity contribution is 7.89. The Morgan fingerprint density at radius 2 is 1.85 bits per heavy atom. The first-order valence-corrected chi connectivity index (χ1v) is 11.2. The Morgan fingerprint density at radius 3 is 2.56 bits per heavy atom. The van der Waals surface area contributed by atoms with Crippen LogP contribution in [-0.4, -0.2) is 54.7 Å². The summed E-state index contributed by atoms with van der Waals surface area (Å²) in [4.78, 5) is 19.5. The molecule has 1 aliphatic carbocycles. The average Bonchev–Trinajstić information content (AvgIpc) is 3.44. The maximum absolute atomic E-state index is 13.1. The molecule has 0 atom stereocenters. The van der Waals surface area contributed by atoms with Crippen molar-refractivity contribution in [1.29, 1.82) is 0 Å². The molecule has 2 aromatic rings. The second-order valence-electron chi connectivity index (χ2n) is 6.84. The summed E-state index contributed by atoms with van der Waals surface area (Å²) in [5.41, 5.74) is 0. The Balaban J connectivity index is 1.45. The first-order chi connectivity index (χ1) is 12.9. The van der Waals surface area contributed by atoms with Crippen LogP contribution in [0.2, 0.25) is 0 Å². The summed E-state index contributed by atoms with van der Waals surface area (Å²) in [5.74, 6) is -0.0471. The number of nitrogens with zero attached hydrogens (tertiary/aromatic N) is 3. The number of halogens is 1. The van der Waals surface area contributed by atoms with E-state index in [1.54, 1.807) is 11.1 Å². The maximum Gasteiger partial charge on any atom is 0.265 e. The van der Waals surface area contributed by atoms with Crippen LogP contribution in [0.25, 0.3) is 0 Å². The van der Waals surface area contributed by atoms with E-state index in [-0.39, 0.29) is 17.3 Å². The minimum atomic E-state index is -3.70. The van der Waals surface area contributed by atoms with Gasteiger partial charge in [0.15, 0.2) is 0 Å². The number of amides is 1. The molecule has 1 aliphatic heterocycles. The first-order valence-electron chi connectivity index (χ1n) is 8.96.